The molecule has 2 heterocycles. The minimum absolute atomic E-state index is 0.0104. The molecule has 0 spiro atoms. The van der Waals surface area contributed by atoms with Gasteiger partial charge in [0, 0.05) is 23.0 Å². The van der Waals surface area contributed by atoms with Gasteiger partial charge in [0.05, 0.1) is 17.5 Å². The van der Waals surface area contributed by atoms with Crippen molar-refractivity contribution in [2.45, 2.75) is 31.1 Å². The molecule has 1 fully saturated rings. The molecule has 1 saturated heterocycles. The van der Waals surface area contributed by atoms with Gasteiger partial charge in [-0.15, -0.1) is 0 Å². The van der Waals surface area contributed by atoms with E-state index in [0.717, 1.165) is 16.4 Å². The van der Waals surface area contributed by atoms with Crippen LogP contribution in [0.25, 0.3) is 0 Å². The van der Waals surface area contributed by atoms with E-state index in [2.05, 4.69) is 34.7 Å². The summed E-state index contributed by atoms with van der Waals surface area (Å²) in [5, 5.41) is 7.01. The maximum absolute atomic E-state index is 12.7. The van der Waals surface area contributed by atoms with Crippen LogP contribution in [0.5, 0.6) is 0 Å². The van der Waals surface area contributed by atoms with Crippen LogP contribution in [0.3, 0.4) is 0 Å². The third-order valence-electron chi connectivity index (χ3n) is 5.50. The van der Waals surface area contributed by atoms with Gasteiger partial charge in [-0.05, 0) is 36.1 Å². The number of thioether (sulfide) groups is 1. The van der Waals surface area contributed by atoms with Crippen LogP contribution in [0, 0.1) is 6.92 Å². The third-order valence-corrected chi connectivity index (χ3v) is 8.64. The van der Waals surface area contributed by atoms with Gasteiger partial charge in [-0.2, -0.15) is 0 Å². The number of nitrogens with one attached hydrogen (secondary N) is 2. The van der Waals surface area contributed by atoms with Crippen LogP contribution in [0.15, 0.2) is 53.5 Å². The summed E-state index contributed by atoms with van der Waals surface area (Å²) < 4.78 is 23.5. The third kappa shape index (κ3) is 4.70. The van der Waals surface area contributed by atoms with Crippen molar-refractivity contribution in [3.8, 4) is 0 Å². The number of carbonyl (C=O) groups is 1. The lowest BCUT2D eigenvalue weighted by Gasteiger charge is -2.15. The highest BCUT2D eigenvalue weighted by Gasteiger charge is 2.42. The van der Waals surface area contributed by atoms with E-state index in [0.29, 0.717) is 12.1 Å². The summed E-state index contributed by atoms with van der Waals surface area (Å²) in [4.78, 5) is 17.2. The van der Waals surface area contributed by atoms with E-state index in [1.54, 1.807) is 0 Å². The second-order valence-electron chi connectivity index (χ2n) is 7.91. The van der Waals surface area contributed by atoms with Crippen LogP contribution in [0.1, 0.15) is 34.3 Å². The first-order valence-corrected chi connectivity index (χ1v) is 12.7. The zero-order valence-electron chi connectivity index (χ0n) is 17.0. The lowest BCUT2D eigenvalue weighted by Crippen LogP contribution is -2.27. The molecule has 4 rings (SSSR count). The van der Waals surface area contributed by atoms with Crippen molar-refractivity contribution in [3.63, 3.8) is 0 Å². The van der Waals surface area contributed by atoms with Gasteiger partial charge in [-0.3, -0.25) is 9.79 Å². The minimum atomic E-state index is -2.97. The van der Waals surface area contributed by atoms with E-state index in [4.69, 9.17) is 0 Å². The summed E-state index contributed by atoms with van der Waals surface area (Å²) in [6, 6.07) is 15.5. The molecule has 0 aliphatic carbocycles. The number of amides is 1. The normalized spacial score (nSPS) is 22.8. The first-order valence-electron chi connectivity index (χ1n) is 9.96. The first kappa shape index (κ1) is 20.9. The molecule has 6 nitrogen and oxygen atoms in total. The lowest BCUT2D eigenvalue weighted by atomic mass is 10.0. The molecule has 0 radical (unpaired) electrons. The molecule has 0 saturated carbocycles. The smallest absolute Gasteiger partial charge is 0.251 e. The van der Waals surface area contributed by atoms with E-state index >= 15 is 0 Å². The average Bonchev–Trinajstić information content (AvgIpc) is 3.20. The molecule has 2 aromatic rings. The molecule has 0 bridgehead atoms. The van der Waals surface area contributed by atoms with E-state index in [-0.39, 0.29) is 34.6 Å². The van der Waals surface area contributed by atoms with Crippen LogP contribution < -0.4 is 10.6 Å². The summed E-state index contributed by atoms with van der Waals surface area (Å²) in [5.74, 6) is 0.400. The van der Waals surface area contributed by atoms with Crippen molar-refractivity contribution >= 4 is 38.4 Å². The van der Waals surface area contributed by atoms with E-state index in [1.165, 1.54) is 17.3 Å². The molecule has 8 heteroatoms. The molecule has 158 valence electrons. The summed E-state index contributed by atoms with van der Waals surface area (Å²) in [6.07, 6.45) is 0. The van der Waals surface area contributed by atoms with Gasteiger partial charge in [-0.1, -0.05) is 55.1 Å². The molecule has 2 aliphatic heterocycles. The van der Waals surface area contributed by atoms with Gasteiger partial charge in [0.1, 0.15) is 0 Å². The van der Waals surface area contributed by atoms with Gasteiger partial charge in [-0.25, -0.2) is 8.42 Å². The van der Waals surface area contributed by atoms with Crippen LogP contribution >= 0.6 is 11.8 Å². The Balaban J connectivity index is 1.40. The number of hydrogen-bond acceptors (Lipinski definition) is 6. The summed E-state index contributed by atoms with van der Waals surface area (Å²) in [5.41, 5.74) is 3.58. The van der Waals surface area contributed by atoms with Crippen molar-refractivity contribution in [3.05, 3.63) is 65.2 Å². The van der Waals surface area contributed by atoms with E-state index in [1.807, 2.05) is 43.3 Å². The molecule has 2 N–H and O–H groups in total. The van der Waals surface area contributed by atoms with Crippen molar-refractivity contribution in [2.24, 2.45) is 4.99 Å². The van der Waals surface area contributed by atoms with Crippen LogP contribution in [-0.4, -0.2) is 48.8 Å². The second kappa shape index (κ2) is 8.43. The SMILES string of the molecule is Cc1ccc(C(=O)NCC(C)c2ccccc2)cc1NC1=N[C@@H]2CS(=O)(=O)C[C@@H]2S1. The van der Waals surface area contributed by atoms with Gasteiger partial charge in [0.2, 0.25) is 0 Å². The maximum Gasteiger partial charge on any atom is 0.251 e. The lowest BCUT2D eigenvalue weighted by molar-refractivity contribution is 0.0951. The maximum atomic E-state index is 12.7. The molecular weight excluding hydrogens is 418 g/mol. The first-order chi connectivity index (χ1) is 14.3. The monoisotopic (exact) mass is 443 g/mol. The molecule has 2 aromatic carbocycles. The predicted octanol–water partition coefficient (Wildman–Crippen LogP) is 3.21. The largest absolute Gasteiger partial charge is 0.351 e. The topological polar surface area (TPSA) is 87.6 Å². The number of benzene rings is 2. The number of carbonyl (C=O) groups excluding carboxylic acids is 1. The Kier molecular flexibility index (Phi) is 5.88. The minimum Gasteiger partial charge on any atom is -0.351 e. The summed E-state index contributed by atoms with van der Waals surface area (Å²) in [7, 11) is -2.97. The fourth-order valence-electron chi connectivity index (χ4n) is 3.68. The number of sulfone groups is 1. The van der Waals surface area contributed by atoms with Gasteiger partial charge < -0.3 is 10.6 Å². The summed E-state index contributed by atoms with van der Waals surface area (Å²) >= 11 is 1.47. The van der Waals surface area contributed by atoms with Crippen molar-refractivity contribution in [1.82, 2.24) is 5.32 Å². The van der Waals surface area contributed by atoms with Gasteiger partial charge >= 0.3 is 0 Å². The quantitative estimate of drug-likeness (QED) is 0.741. The molecular formula is C22H25N3O3S2. The number of anilines is 1. The number of rotatable bonds is 5. The Labute approximate surface area is 181 Å². The fraction of sp³-hybridized carbons (Fsp3) is 0.364. The molecule has 3 atom stereocenters. The van der Waals surface area contributed by atoms with Crippen LogP contribution in [0.2, 0.25) is 0 Å². The standard InChI is InChI=1S/C22H25N3O3S2/c1-14-8-9-17(21(26)23-11-15(2)16-6-4-3-5-7-16)10-18(14)24-22-25-19-12-30(27,28)13-20(19)29-22/h3-10,15,19-20H,11-13H2,1-2H3,(H,23,26)(H,24,25)/t15?,19-,20+/m1/s1. The Morgan fingerprint density at radius 2 is 1.97 bits per heavy atom. The number of amidine groups is 1. The number of aliphatic imine (C=N–C) groups is 1. The fourth-order valence-corrected chi connectivity index (χ4v) is 7.34. The van der Waals surface area contributed by atoms with Crippen molar-refractivity contribution in [2.75, 3.05) is 23.4 Å². The zero-order chi connectivity index (χ0) is 21.3. The van der Waals surface area contributed by atoms with Gasteiger partial charge in [0.25, 0.3) is 5.91 Å². The highest BCUT2D eigenvalue weighted by atomic mass is 32.2. The molecule has 1 unspecified atom stereocenters. The molecule has 0 aromatic heterocycles. The van der Waals surface area contributed by atoms with E-state index < -0.39 is 9.84 Å². The highest BCUT2D eigenvalue weighted by Crippen LogP contribution is 2.35. The van der Waals surface area contributed by atoms with Crippen LogP contribution in [0.4, 0.5) is 5.69 Å². The molecule has 1 amide bonds. The zero-order valence-corrected chi connectivity index (χ0v) is 18.6. The van der Waals surface area contributed by atoms with E-state index in [9.17, 15) is 13.2 Å². The molecule has 2 aliphatic rings. The number of fused-ring (bicyclic) bond motifs is 1. The Morgan fingerprint density at radius 3 is 2.70 bits per heavy atom. The Morgan fingerprint density at radius 1 is 1.20 bits per heavy atom. The Bertz CT molecular complexity index is 1080. The van der Waals surface area contributed by atoms with Crippen molar-refractivity contribution in [1.29, 1.82) is 0 Å². The Hall–Kier alpha value is -2.32. The second-order valence-corrected chi connectivity index (χ2v) is 11.3. The van der Waals surface area contributed by atoms with Crippen LogP contribution in [-0.2, 0) is 9.84 Å². The number of aryl methyl sites for hydroxylation is 1. The number of nitrogens with zero attached hydrogens (tertiary/aromatic N) is 1. The average molecular weight is 444 g/mol. The summed E-state index contributed by atoms with van der Waals surface area (Å²) in [6.45, 7) is 4.61. The van der Waals surface area contributed by atoms with Gasteiger partial charge in [0.15, 0.2) is 15.0 Å². The molecule has 30 heavy (non-hydrogen) atoms. The predicted molar refractivity (Wildman–Crippen MR) is 123 cm³/mol. The van der Waals surface area contributed by atoms with Crippen molar-refractivity contribution < 1.29 is 13.2 Å². The number of hydrogen-bond donors (Lipinski definition) is 2. The highest BCUT2D eigenvalue weighted by molar-refractivity contribution is 8.15.